The third-order valence-electron chi connectivity index (χ3n) is 4.24. The number of aromatic nitrogens is 1. The van der Waals surface area contributed by atoms with E-state index in [2.05, 4.69) is 36.8 Å². The standard InChI is InChI=1S/C17H25BrN4O2/c1-17(2,3)24-16(23)22-9-7-21(8-10-22)15-14(20-5-4-6-20)11-13(18)12-19-15/h11-12H,4-10H2,1-3H3. The van der Waals surface area contributed by atoms with Crippen molar-refractivity contribution in [2.24, 2.45) is 0 Å². The van der Waals surface area contributed by atoms with Crippen LogP contribution in [-0.2, 0) is 4.74 Å². The number of hydrogen-bond acceptors (Lipinski definition) is 5. The van der Waals surface area contributed by atoms with Crippen LogP contribution >= 0.6 is 15.9 Å². The lowest BCUT2D eigenvalue weighted by molar-refractivity contribution is 0.0240. The van der Waals surface area contributed by atoms with Gasteiger partial charge in [0.25, 0.3) is 0 Å². The van der Waals surface area contributed by atoms with E-state index in [0.717, 1.165) is 36.5 Å². The minimum atomic E-state index is -0.452. The molecule has 1 amide bonds. The molecule has 0 spiro atoms. The van der Waals surface area contributed by atoms with Crippen molar-refractivity contribution in [3.8, 4) is 0 Å². The first-order valence-corrected chi connectivity index (χ1v) is 9.26. The molecule has 1 aromatic heterocycles. The zero-order valence-electron chi connectivity index (χ0n) is 14.6. The number of nitrogens with zero attached hydrogens (tertiary/aromatic N) is 4. The van der Waals surface area contributed by atoms with Crippen molar-refractivity contribution in [1.82, 2.24) is 9.88 Å². The molecule has 3 heterocycles. The van der Waals surface area contributed by atoms with Crippen molar-refractivity contribution < 1.29 is 9.53 Å². The second-order valence-electron chi connectivity index (χ2n) is 7.29. The fraction of sp³-hybridized carbons (Fsp3) is 0.647. The molecule has 0 N–H and O–H groups in total. The Labute approximate surface area is 151 Å². The van der Waals surface area contributed by atoms with Gasteiger partial charge >= 0.3 is 6.09 Å². The maximum absolute atomic E-state index is 12.2. The maximum Gasteiger partial charge on any atom is 0.410 e. The second kappa shape index (κ2) is 6.78. The average molecular weight is 397 g/mol. The van der Waals surface area contributed by atoms with Crippen LogP contribution in [0.1, 0.15) is 27.2 Å². The third kappa shape index (κ3) is 3.94. The van der Waals surface area contributed by atoms with Crippen molar-refractivity contribution in [2.75, 3.05) is 49.1 Å². The predicted octanol–water partition coefficient (Wildman–Crippen LogP) is 3.11. The maximum atomic E-state index is 12.2. The summed E-state index contributed by atoms with van der Waals surface area (Å²) in [6.45, 7) is 10.7. The molecule has 0 atom stereocenters. The molecular weight excluding hydrogens is 372 g/mol. The molecule has 0 saturated carbocycles. The van der Waals surface area contributed by atoms with E-state index in [0.29, 0.717) is 13.1 Å². The van der Waals surface area contributed by atoms with Gasteiger partial charge in [-0.15, -0.1) is 0 Å². The first-order chi connectivity index (χ1) is 11.3. The van der Waals surface area contributed by atoms with Gasteiger partial charge in [-0.05, 0) is 49.2 Å². The molecule has 24 heavy (non-hydrogen) atoms. The van der Waals surface area contributed by atoms with Crippen LogP contribution in [0.3, 0.4) is 0 Å². The van der Waals surface area contributed by atoms with Crippen LogP contribution in [0.4, 0.5) is 16.3 Å². The van der Waals surface area contributed by atoms with E-state index in [1.54, 1.807) is 4.90 Å². The number of halogens is 1. The zero-order chi connectivity index (χ0) is 17.3. The average Bonchev–Trinajstić information content (AvgIpc) is 2.44. The molecule has 0 aliphatic carbocycles. The molecule has 3 rings (SSSR count). The number of pyridine rings is 1. The van der Waals surface area contributed by atoms with Crippen molar-refractivity contribution in [2.45, 2.75) is 32.8 Å². The van der Waals surface area contributed by atoms with E-state index < -0.39 is 5.60 Å². The van der Waals surface area contributed by atoms with Crippen LogP contribution < -0.4 is 9.80 Å². The van der Waals surface area contributed by atoms with E-state index in [9.17, 15) is 4.79 Å². The number of ether oxygens (including phenoxy) is 1. The Bertz CT molecular complexity index is 605. The van der Waals surface area contributed by atoms with Gasteiger partial charge in [-0.25, -0.2) is 9.78 Å². The molecule has 132 valence electrons. The SMILES string of the molecule is CC(C)(C)OC(=O)N1CCN(c2ncc(Br)cc2N2CCC2)CC1. The van der Waals surface area contributed by atoms with Gasteiger partial charge in [-0.1, -0.05) is 0 Å². The van der Waals surface area contributed by atoms with E-state index in [4.69, 9.17) is 4.74 Å². The number of rotatable bonds is 2. The number of anilines is 2. The summed E-state index contributed by atoms with van der Waals surface area (Å²) in [6.07, 6.45) is 2.85. The first kappa shape index (κ1) is 17.3. The molecular formula is C17H25BrN4O2. The molecule has 0 radical (unpaired) electrons. The Morgan fingerprint density at radius 1 is 1.12 bits per heavy atom. The Morgan fingerprint density at radius 3 is 2.33 bits per heavy atom. The largest absolute Gasteiger partial charge is 0.444 e. The third-order valence-corrected chi connectivity index (χ3v) is 4.68. The van der Waals surface area contributed by atoms with Gasteiger partial charge < -0.3 is 19.4 Å². The molecule has 0 bridgehead atoms. The van der Waals surface area contributed by atoms with Gasteiger partial charge in [0.1, 0.15) is 5.60 Å². The van der Waals surface area contributed by atoms with Crippen LogP contribution in [0.25, 0.3) is 0 Å². The molecule has 7 heteroatoms. The summed E-state index contributed by atoms with van der Waals surface area (Å²) in [5, 5.41) is 0. The van der Waals surface area contributed by atoms with Gasteiger partial charge in [0.2, 0.25) is 0 Å². The smallest absolute Gasteiger partial charge is 0.410 e. The highest BCUT2D eigenvalue weighted by molar-refractivity contribution is 9.10. The monoisotopic (exact) mass is 396 g/mol. The number of piperazine rings is 1. The van der Waals surface area contributed by atoms with Gasteiger partial charge in [-0.3, -0.25) is 0 Å². The highest BCUT2D eigenvalue weighted by atomic mass is 79.9. The van der Waals surface area contributed by atoms with E-state index >= 15 is 0 Å². The molecule has 0 unspecified atom stereocenters. The lowest BCUT2D eigenvalue weighted by atomic mass is 10.2. The molecule has 0 aromatic carbocycles. The number of carbonyl (C=O) groups is 1. The van der Waals surface area contributed by atoms with Crippen molar-refractivity contribution in [3.63, 3.8) is 0 Å². The quantitative estimate of drug-likeness (QED) is 0.768. The Kier molecular flexibility index (Phi) is 4.90. The molecule has 2 aliphatic heterocycles. The van der Waals surface area contributed by atoms with E-state index in [-0.39, 0.29) is 6.09 Å². The van der Waals surface area contributed by atoms with Crippen molar-refractivity contribution in [1.29, 1.82) is 0 Å². The van der Waals surface area contributed by atoms with Gasteiger partial charge in [-0.2, -0.15) is 0 Å². The first-order valence-electron chi connectivity index (χ1n) is 8.47. The van der Waals surface area contributed by atoms with Crippen molar-refractivity contribution in [3.05, 3.63) is 16.7 Å². The Morgan fingerprint density at radius 2 is 1.79 bits per heavy atom. The normalized spacial score (nSPS) is 18.4. The Hall–Kier alpha value is -1.50. The lowest BCUT2D eigenvalue weighted by Gasteiger charge is -2.40. The predicted molar refractivity (Wildman–Crippen MR) is 98.8 cm³/mol. The lowest BCUT2D eigenvalue weighted by Crippen LogP contribution is -2.50. The van der Waals surface area contributed by atoms with Crippen LogP contribution in [0.2, 0.25) is 0 Å². The molecule has 2 aliphatic rings. The zero-order valence-corrected chi connectivity index (χ0v) is 16.2. The Balaban J connectivity index is 1.66. The van der Waals surface area contributed by atoms with Crippen LogP contribution in [-0.4, -0.2) is 60.8 Å². The number of amides is 1. The summed E-state index contributed by atoms with van der Waals surface area (Å²) in [7, 11) is 0. The number of carbonyl (C=O) groups excluding carboxylic acids is 1. The van der Waals surface area contributed by atoms with Gasteiger partial charge in [0.05, 0.1) is 5.69 Å². The minimum absolute atomic E-state index is 0.228. The van der Waals surface area contributed by atoms with Gasteiger partial charge in [0, 0.05) is 49.9 Å². The fourth-order valence-corrected chi connectivity index (χ4v) is 3.20. The van der Waals surface area contributed by atoms with Crippen LogP contribution in [0, 0.1) is 0 Å². The fourth-order valence-electron chi connectivity index (χ4n) is 2.88. The summed E-state index contributed by atoms with van der Waals surface area (Å²) in [5.41, 5.74) is 0.730. The molecule has 6 nitrogen and oxygen atoms in total. The minimum Gasteiger partial charge on any atom is -0.444 e. The summed E-state index contributed by atoms with van der Waals surface area (Å²) < 4.78 is 6.46. The highest BCUT2D eigenvalue weighted by Crippen LogP contribution is 2.33. The topological polar surface area (TPSA) is 48.9 Å². The molecule has 2 fully saturated rings. The number of hydrogen-bond donors (Lipinski definition) is 0. The van der Waals surface area contributed by atoms with Crippen LogP contribution in [0.15, 0.2) is 16.7 Å². The molecule has 2 saturated heterocycles. The summed E-state index contributed by atoms with van der Waals surface area (Å²) in [5.74, 6) is 1.02. The van der Waals surface area contributed by atoms with E-state index in [1.165, 1.54) is 12.1 Å². The van der Waals surface area contributed by atoms with Crippen LogP contribution in [0.5, 0.6) is 0 Å². The van der Waals surface area contributed by atoms with Gasteiger partial charge in [0.15, 0.2) is 5.82 Å². The second-order valence-corrected chi connectivity index (χ2v) is 8.21. The summed E-state index contributed by atoms with van der Waals surface area (Å²) >= 11 is 3.52. The highest BCUT2D eigenvalue weighted by Gasteiger charge is 2.28. The summed E-state index contributed by atoms with van der Waals surface area (Å²) in [4.78, 5) is 23.2. The van der Waals surface area contributed by atoms with E-state index in [1.807, 2.05) is 27.0 Å². The van der Waals surface area contributed by atoms with Crippen molar-refractivity contribution >= 4 is 33.5 Å². The summed E-state index contributed by atoms with van der Waals surface area (Å²) in [6, 6.07) is 2.14. The molecule has 1 aromatic rings.